The minimum Gasteiger partial charge on any atom is -0.375 e. The number of H-pyrrole nitrogens is 1. The minimum atomic E-state index is 0.250. The molecule has 4 nitrogen and oxygen atoms in total. The van der Waals surface area contributed by atoms with Crippen LogP contribution in [0.25, 0.3) is 0 Å². The predicted molar refractivity (Wildman–Crippen MR) is 74.1 cm³/mol. The van der Waals surface area contributed by atoms with E-state index in [0.29, 0.717) is 5.92 Å². The Labute approximate surface area is 112 Å². The molecule has 1 aromatic heterocycles. The molecule has 98 valence electrons. The summed E-state index contributed by atoms with van der Waals surface area (Å²) in [5, 5.41) is 11.1. The van der Waals surface area contributed by atoms with Crippen LogP contribution >= 0.6 is 0 Å². The maximum absolute atomic E-state index is 4.73. The summed E-state index contributed by atoms with van der Waals surface area (Å²) >= 11 is 0. The molecule has 2 aromatic rings. The van der Waals surface area contributed by atoms with Crippen LogP contribution in [-0.2, 0) is 6.42 Å². The van der Waals surface area contributed by atoms with Crippen molar-refractivity contribution in [3.63, 3.8) is 0 Å². The number of nitrogens with one attached hydrogen (secondary N) is 2. The third-order valence-electron chi connectivity index (χ3n) is 4.34. The van der Waals surface area contributed by atoms with Crippen molar-refractivity contribution in [1.29, 1.82) is 0 Å². The van der Waals surface area contributed by atoms with Crippen molar-refractivity contribution in [3.8, 4) is 0 Å². The number of anilines is 1. The first kappa shape index (κ1) is 11.0. The number of para-hydroxylation sites is 1. The molecule has 1 atom stereocenters. The summed E-state index contributed by atoms with van der Waals surface area (Å²) in [6.45, 7) is 0. The number of hydrogen-bond acceptors (Lipinski definition) is 3. The van der Waals surface area contributed by atoms with Crippen molar-refractivity contribution in [2.45, 2.75) is 44.1 Å². The van der Waals surface area contributed by atoms with Gasteiger partial charge in [-0.1, -0.05) is 31.0 Å². The SMILES string of the molecule is c1ccc2c(c1)C[C@@H](c1nc(C3CCCC3)n[nH]1)N2. The number of rotatable bonds is 2. The van der Waals surface area contributed by atoms with Gasteiger partial charge in [0.1, 0.15) is 5.82 Å². The fourth-order valence-corrected chi connectivity index (χ4v) is 3.27. The van der Waals surface area contributed by atoms with Gasteiger partial charge in [0.25, 0.3) is 0 Å². The Balaban J connectivity index is 1.55. The quantitative estimate of drug-likeness (QED) is 0.865. The zero-order valence-corrected chi connectivity index (χ0v) is 10.9. The van der Waals surface area contributed by atoms with Crippen LogP contribution < -0.4 is 5.32 Å². The van der Waals surface area contributed by atoms with Crippen molar-refractivity contribution in [2.24, 2.45) is 0 Å². The van der Waals surface area contributed by atoms with E-state index in [1.807, 2.05) is 0 Å². The monoisotopic (exact) mass is 254 g/mol. The number of hydrogen-bond donors (Lipinski definition) is 2. The molecule has 4 rings (SSSR count). The van der Waals surface area contributed by atoms with E-state index in [9.17, 15) is 0 Å². The first-order valence-corrected chi connectivity index (χ1v) is 7.17. The van der Waals surface area contributed by atoms with Crippen molar-refractivity contribution in [3.05, 3.63) is 41.5 Å². The fraction of sp³-hybridized carbons (Fsp3) is 0.467. The molecule has 0 amide bonds. The smallest absolute Gasteiger partial charge is 0.153 e. The van der Waals surface area contributed by atoms with Crippen molar-refractivity contribution >= 4 is 5.69 Å². The summed E-state index contributed by atoms with van der Waals surface area (Å²) < 4.78 is 0. The highest BCUT2D eigenvalue weighted by molar-refractivity contribution is 5.57. The number of nitrogens with zero attached hydrogens (tertiary/aromatic N) is 2. The fourth-order valence-electron chi connectivity index (χ4n) is 3.27. The molecule has 1 aromatic carbocycles. The molecular formula is C15H18N4. The van der Waals surface area contributed by atoms with Gasteiger partial charge in [0.05, 0.1) is 6.04 Å². The standard InChI is InChI=1S/C15H18N4/c1-2-6-10(5-1)14-17-15(19-18-14)13-9-11-7-3-4-8-12(11)16-13/h3-4,7-8,10,13,16H,1-2,5-6,9H2,(H,17,18,19)/t13-/m0/s1. The summed E-state index contributed by atoms with van der Waals surface area (Å²) in [6.07, 6.45) is 6.13. The average molecular weight is 254 g/mol. The topological polar surface area (TPSA) is 53.6 Å². The summed E-state index contributed by atoms with van der Waals surface area (Å²) in [5.41, 5.74) is 2.60. The number of fused-ring (bicyclic) bond motifs is 1. The van der Waals surface area contributed by atoms with E-state index >= 15 is 0 Å². The first-order valence-electron chi connectivity index (χ1n) is 7.17. The highest BCUT2D eigenvalue weighted by Crippen LogP contribution is 2.35. The van der Waals surface area contributed by atoms with Crippen LogP contribution in [0.4, 0.5) is 5.69 Å². The molecule has 0 unspecified atom stereocenters. The van der Waals surface area contributed by atoms with Crippen LogP contribution in [0.5, 0.6) is 0 Å². The van der Waals surface area contributed by atoms with Crippen LogP contribution in [-0.4, -0.2) is 15.2 Å². The van der Waals surface area contributed by atoms with Crippen molar-refractivity contribution in [1.82, 2.24) is 15.2 Å². The van der Waals surface area contributed by atoms with Gasteiger partial charge in [-0.15, -0.1) is 0 Å². The molecule has 0 bridgehead atoms. The van der Waals surface area contributed by atoms with Crippen molar-refractivity contribution < 1.29 is 0 Å². The lowest BCUT2D eigenvalue weighted by Crippen LogP contribution is -2.08. The lowest BCUT2D eigenvalue weighted by Gasteiger charge is -2.07. The Hall–Kier alpha value is -1.84. The Bertz CT molecular complexity index is 558. The summed E-state index contributed by atoms with van der Waals surface area (Å²) in [4.78, 5) is 4.73. The number of aromatic amines is 1. The van der Waals surface area contributed by atoms with E-state index in [-0.39, 0.29) is 6.04 Å². The molecule has 0 saturated heterocycles. The van der Waals surface area contributed by atoms with Crippen LogP contribution in [0.2, 0.25) is 0 Å². The van der Waals surface area contributed by atoms with E-state index in [4.69, 9.17) is 4.98 Å². The Morgan fingerprint density at radius 3 is 2.79 bits per heavy atom. The first-order chi connectivity index (χ1) is 9.40. The van der Waals surface area contributed by atoms with Crippen LogP contribution in [0.1, 0.15) is 54.9 Å². The second kappa shape index (κ2) is 4.37. The van der Waals surface area contributed by atoms with E-state index < -0.39 is 0 Å². The molecule has 0 radical (unpaired) electrons. The molecule has 0 spiro atoms. The third-order valence-corrected chi connectivity index (χ3v) is 4.34. The van der Waals surface area contributed by atoms with E-state index in [1.165, 1.54) is 36.9 Å². The molecule has 1 aliphatic carbocycles. The molecule has 2 N–H and O–H groups in total. The van der Waals surface area contributed by atoms with Gasteiger partial charge in [-0.25, -0.2) is 4.98 Å². The van der Waals surface area contributed by atoms with Crippen LogP contribution in [0.3, 0.4) is 0 Å². The highest BCUT2D eigenvalue weighted by Gasteiger charge is 2.27. The molecule has 1 saturated carbocycles. The molecule has 1 aliphatic heterocycles. The average Bonchev–Trinajstić information content (AvgIpc) is 3.17. The second-order valence-corrected chi connectivity index (χ2v) is 5.62. The van der Waals surface area contributed by atoms with Gasteiger partial charge < -0.3 is 5.32 Å². The maximum Gasteiger partial charge on any atom is 0.153 e. The molecule has 2 heterocycles. The number of benzene rings is 1. The summed E-state index contributed by atoms with van der Waals surface area (Å²) in [7, 11) is 0. The van der Waals surface area contributed by atoms with Crippen molar-refractivity contribution in [2.75, 3.05) is 5.32 Å². The maximum atomic E-state index is 4.73. The van der Waals surface area contributed by atoms with Gasteiger partial charge in [-0.05, 0) is 24.5 Å². The van der Waals surface area contributed by atoms with Gasteiger partial charge in [0.15, 0.2) is 5.82 Å². The van der Waals surface area contributed by atoms with Crippen LogP contribution in [0.15, 0.2) is 24.3 Å². The summed E-state index contributed by atoms with van der Waals surface area (Å²) in [6, 6.07) is 8.71. The lowest BCUT2D eigenvalue weighted by atomic mass is 10.1. The van der Waals surface area contributed by atoms with Gasteiger partial charge in [-0.2, -0.15) is 5.10 Å². The third kappa shape index (κ3) is 1.91. The lowest BCUT2D eigenvalue weighted by molar-refractivity contribution is 0.670. The Kier molecular flexibility index (Phi) is 2.53. The highest BCUT2D eigenvalue weighted by atomic mass is 15.2. The largest absolute Gasteiger partial charge is 0.375 e. The van der Waals surface area contributed by atoms with Gasteiger partial charge in [0, 0.05) is 18.0 Å². The minimum absolute atomic E-state index is 0.250. The predicted octanol–water partition coefficient (Wildman–Crippen LogP) is 3.17. The molecule has 2 aliphatic rings. The van der Waals surface area contributed by atoms with E-state index in [1.54, 1.807) is 0 Å². The van der Waals surface area contributed by atoms with Crippen LogP contribution in [0, 0.1) is 0 Å². The Morgan fingerprint density at radius 1 is 1.11 bits per heavy atom. The molecule has 1 fully saturated rings. The van der Waals surface area contributed by atoms with Gasteiger partial charge in [-0.3, -0.25) is 5.10 Å². The molecular weight excluding hydrogens is 236 g/mol. The normalized spacial score (nSPS) is 22.4. The summed E-state index contributed by atoms with van der Waals surface area (Å²) in [5.74, 6) is 2.58. The van der Waals surface area contributed by atoms with Gasteiger partial charge in [0.2, 0.25) is 0 Å². The molecule has 19 heavy (non-hydrogen) atoms. The molecule has 4 heteroatoms. The van der Waals surface area contributed by atoms with Gasteiger partial charge >= 0.3 is 0 Å². The second-order valence-electron chi connectivity index (χ2n) is 5.62. The Morgan fingerprint density at radius 2 is 1.95 bits per heavy atom. The zero-order chi connectivity index (χ0) is 12.7. The van der Waals surface area contributed by atoms with E-state index in [0.717, 1.165) is 18.1 Å². The zero-order valence-electron chi connectivity index (χ0n) is 10.9. The van der Waals surface area contributed by atoms with E-state index in [2.05, 4.69) is 39.8 Å². The number of aromatic nitrogens is 3.